The summed E-state index contributed by atoms with van der Waals surface area (Å²) in [5, 5.41) is 3.29. The molecule has 0 spiro atoms. The number of nitrogens with one attached hydrogen (secondary N) is 1. The molecule has 0 unspecified atom stereocenters. The third-order valence-corrected chi connectivity index (χ3v) is 3.25. The summed E-state index contributed by atoms with van der Waals surface area (Å²) in [5.74, 6) is 1.27. The van der Waals surface area contributed by atoms with Crippen LogP contribution >= 0.6 is 0 Å². The van der Waals surface area contributed by atoms with Crippen LogP contribution in [0.4, 0.5) is 0 Å². The number of benzene rings is 1. The maximum Gasteiger partial charge on any atom is 0.257 e. The standard InChI is InChI=1S/C13H16N2O3/c16-13(15-7-2-5-14-6-8-15)10-3-1-4-11-12(10)18-9-17-11/h1,3-4,14H,2,5-9H2. The average Bonchev–Trinajstić information content (AvgIpc) is 2.71. The molecular weight excluding hydrogens is 232 g/mol. The third-order valence-electron chi connectivity index (χ3n) is 3.25. The Hall–Kier alpha value is -1.75. The van der Waals surface area contributed by atoms with Crippen molar-refractivity contribution in [2.45, 2.75) is 6.42 Å². The van der Waals surface area contributed by atoms with Crippen LogP contribution < -0.4 is 14.8 Å². The highest BCUT2D eigenvalue weighted by molar-refractivity contribution is 5.98. The van der Waals surface area contributed by atoms with E-state index >= 15 is 0 Å². The van der Waals surface area contributed by atoms with Crippen molar-refractivity contribution in [1.82, 2.24) is 10.2 Å². The van der Waals surface area contributed by atoms with Crippen LogP contribution in [0, 0.1) is 0 Å². The number of para-hydroxylation sites is 1. The fraction of sp³-hybridized carbons (Fsp3) is 0.462. The van der Waals surface area contributed by atoms with Crippen molar-refractivity contribution in [3.05, 3.63) is 23.8 Å². The smallest absolute Gasteiger partial charge is 0.257 e. The van der Waals surface area contributed by atoms with Gasteiger partial charge in [-0.2, -0.15) is 0 Å². The number of hydrogen-bond donors (Lipinski definition) is 1. The lowest BCUT2D eigenvalue weighted by Crippen LogP contribution is -2.34. The van der Waals surface area contributed by atoms with Gasteiger partial charge in [0.25, 0.3) is 5.91 Å². The van der Waals surface area contributed by atoms with Gasteiger partial charge in [0.05, 0.1) is 5.56 Å². The molecule has 1 amide bonds. The second kappa shape index (κ2) is 4.86. The minimum atomic E-state index is 0.0288. The molecule has 2 aliphatic rings. The first-order chi connectivity index (χ1) is 8.86. The Morgan fingerprint density at radius 2 is 2.17 bits per heavy atom. The minimum Gasteiger partial charge on any atom is -0.454 e. The maximum atomic E-state index is 12.5. The van der Waals surface area contributed by atoms with Gasteiger partial charge in [-0.3, -0.25) is 4.79 Å². The second-order valence-corrected chi connectivity index (χ2v) is 4.44. The summed E-state index contributed by atoms with van der Waals surface area (Å²) in [5.41, 5.74) is 0.604. The van der Waals surface area contributed by atoms with Crippen LogP contribution in [0.1, 0.15) is 16.8 Å². The first-order valence-corrected chi connectivity index (χ1v) is 6.25. The summed E-state index contributed by atoms with van der Waals surface area (Å²) in [7, 11) is 0. The molecule has 1 fully saturated rings. The van der Waals surface area contributed by atoms with E-state index in [1.807, 2.05) is 17.0 Å². The zero-order valence-electron chi connectivity index (χ0n) is 10.1. The van der Waals surface area contributed by atoms with Crippen LogP contribution in [-0.2, 0) is 0 Å². The zero-order chi connectivity index (χ0) is 12.4. The SMILES string of the molecule is O=C(c1cccc2c1OCO2)N1CCCNCC1. The number of hydrogen-bond acceptors (Lipinski definition) is 4. The average molecular weight is 248 g/mol. The second-order valence-electron chi connectivity index (χ2n) is 4.44. The normalized spacial score (nSPS) is 18.6. The van der Waals surface area contributed by atoms with E-state index < -0.39 is 0 Å². The number of ether oxygens (including phenoxy) is 2. The molecule has 0 saturated carbocycles. The van der Waals surface area contributed by atoms with E-state index in [1.165, 1.54) is 0 Å². The molecule has 18 heavy (non-hydrogen) atoms. The van der Waals surface area contributed by atoms with Gasteiger partial charge < -0.3 is 19.7 Å². The molecule has 0 aromatic heterocycles. The maximum absolute atomic E-state index is 12.5. The van der Waals surface area contributed by atoms with Crippen molar-refractivity contribution in [3.63, 3.8) is 0 Å². The molecule has 5 heteroatoms. The summed E-state index contributed by atoms with van der Waals surface area (Å²) < 4.78 is 10.7. The molecule has 0 bridgehead atoms. The van der Waals surface area contributed by atoms with Crippen LogP contribution in [-0.4, -0.2) is 43.8 Å². The Balaban J connectivity index is 1.85. The molecule has 1 saturated heterocycles. The molecule has 1 N–H and O–H groups in total. The van der Waals surface area contributed by atoms with Crippen molar-refractivity contribution < 1.29 is 14.3 Å². The summed E-state index contributed by atoms with van der Waals surface area (Å²) >= 11 is 0. The predicted molar refractivity (Wildman–Crippen MR) is 66.0 cm³/mol. The van der Waals surface area contributed by atoms with Gasteiger partial charge in [-0.05, 0) is 25.1 Å². The summed E-state index contributed by atoms with van der Waals surface area (Å²) in [4.78, 5) is 14.3. The lowest BCUT2D eigenvalue weighted by Gasteiger charge is -2.20. The molecule has 0 atom stereocenters. The molecule has 5 nitrogen and oxygen atoms in total. The van der Waals surface area contributed by atoms with Crippen molar-refractivity contribution in [3.8, 4) is 11.5 Å². The summed E-state index contributed by atoms with van der Waals surface area (Å²) in [6, 6.07) is 5.45. The number of amides is 1. The number of nitrogens with zero attached hydrogens (tertiary/aromatic N) is 1. The molecule has 0 aliphatic carbocycles. The minimum absolute atomic E-state index is 0.0288. The van der Waals surface area contributed by atoms with Crippen LogP contribution in [0.25, 0.3) is 0 Å². The van der Waals surface area contributed by atoms with E-state index in [0.717, 1.165) is 32.6 Å². The van der Waals surface area contributed by atoms with Crippen LogP contribution in [0.15, 0.2) is 18.2 Å². The molecule has 3 rings (SSSR count). The highest BCUT2D eigenvalue weighted by atomic mass is 16.7. The van der Waals surface area contributed by atoms with Crippen LogP contribution in [0.3, 0.4) is 0 Å². The van der Waals surface area contributed by atoms with Gasteiger partial charge in [-0.15, -0.1) is 0 Å². The zero-order valence-corrected chi connectivity index (χ0v) is 10.1. The number of carbonyl (C=O) groups excluding carboxylic acids is 1. The predicted octanol–water partition coefficient (Wildman–Crippen LogP) is 0.851. The van der Waals surface area contributed by atoms with Gasteiger partial charge in [0.1, 0.15) is 0 Å². The molecule has 2 aliphatic heterocycles. The Kier molecular flexibility index (Phi) is 3.06. The topological polar surface area (TPSA) is 50.8 Å². The highest BCUT2D eigenvalue weighted by Crippen LogP contribution is 2.35. The lowest BCUT2D eigenvalue weighted by molar-refractivity contribution is 0.0761. The van der Waals surface area contributed by atoms with Gasteiger partial charge in [0.2, 0.25) is 6.79 Å². The summed E-state index contributed by atoms with van der Waals surface area (Å²) in [6.45, 7) is 3.54. The van der Waals surface area contributed by atoms with E-state index in [0.29, 0.717) is 17.1 Å². The monoisotopic (exact) mass is 248 g/mol. The van der Waals surface area contributed by atoms with Crippen molar-refractivity contribution in [2.24, 2.45) is 0 Å². The fourth-order valence-corrected chi connectivity index (χ4v) is 2.32. The quantitative estimate of drug-likeness (QED) is 0.800. The van der Waals surface area contributed by atoms with Gasteiger partial charge in [0, 0.05) is 19.6 Å². The van der Waals surface area contributed by atoms with Gasteiger partial charge in [-0.1, -0.05) is 6.07 Å². The molecule has 2 heterocycles. The van der Waals surface area contributed by atoms with Gasteiger partial charge in [0.15, 0.2) is 11.5 Å². The van der Waals surface area contributed by atoms with E-state index in [9.17, 15) is 4.79 Å². The molecule has 0 radical (unpaired) electrons. The largest absolute Gasteiger partial charge is 0.454 e. The Bertz CT molecular complexity index is 454. The highest BCUT2D eigenvalue weighted by Gasteiger charge is 2.25. The number of rotatable bonds is 1. The Morgan fingerprint density at radius 1 is 1.22 bits per heavy atom. The third kappa shape index (κ3) is 2.01. The molecule has 1 aromatic carbocycles. The van der Waals surface area contributed by atoms with E-state index in [2.05, 4.69) is 5.32 Å². The van der Waals surface area contributed by atoms with Crippen molar-refractivity contribution in [2.75, 3.05) is 33.0 Å². The molecule has 96 valence electrons. The Labute approximate surface area is 106 Å². The fourth-order valence-electron chi connectivity index (χ4n) is 2.32. The first kappa shape index (κ1) is 11.3. The van der Waals surface area contributed by atoms with Crippen molar-refractivity contribution in [1.29, 1.82) is 0 Å². The molecular formula is C13H16N2O3. The van der Waals surface area contributed by atoms with Crippen LogP contribution in [0.5, 0.6) is 11.5 Å². The van der Waals surface area contributed by atoms with E-state index in [-0.39, 0.29) is 12.7 Å². The van der Waals surface area contributed by atoms with Crippen molar-refractivity contribution >= 4 is 5.91 Å². The number of carbonyl (C=O) groups is 1. The van der Waals surface area contributed by atoms with Gasteiger partial charge >= 0.3 is 0 Å². The van der Waals surface area contributed by atoms with Crippen LogP contribution in [0.2, 0.25) is 0 Å². The Morgan fingerprint density at radius 3 is 3.11 bits per heavy atom. The number of fused-ring (bicyclic) bond motifs is 1. The van der Waals surface area contributed by atoms with E-state index in [1.54, 1.807) is 6.07 Å². The summed E-state index contributed by atoms with van der Waals surface area (Å²) in [6.07, 6.45) is 0.984. The molecule has 1 aromatic rings. The first-order valence-electron chi connectivity index (χ1n) is 6.25. The van der Waals surface area contributed by atoms with Gasteiger partial charge in [-0.25, -0.2) is 0 Å². The lowest BCUT2D eigenvalue weighted by atomic mass is 10.1. The van der Waals surface area contributed by atoms with E-state index in [4.69, 9.17) is 9.47 Å².